The van der Waals surface area contributed by atoms with Gasteiger partial charge in [0, 0.05) is 12.1 Å². The van der Waals surface area contributed by atoms with Gasteiger partial charge in [0.25, 0.3) is 0 Å². The Morgan fingerprint density at radius 2 is 1.78 bits per heavy atom. The molecule has 2 nitrogen and oxygen atoms in total. The minimum Gasteiger partial charge on any atom is -0.399 e. The van der Waals surface area contributed by atoms with Crippen LogP contribution in [0.5, 0.6) is 0 Å². The third-order valence-electron chi connectivity index (χ3n) is 4.38. The molecule has 0 heterocycles. The molecule has 0 saturated heterocycles. The van der Waals surface area contributed by atoms with Crippen molar-refractivity contribution in [2.24, 2.45) is 5.92 Å². The highest BCUT2D eigenvalue weighted by molar-refractivity contribution is 5.93. The number of Topliss-reactive ketones (excluding diaryl/α,β-unsaturated/α-hetero) is 1. The van der Waals surface area contributed by atoms with Crippen LogP contribution in [0.2, 0.25) is 0 Å². The number of anilines is 1. The van der Waals surface area contributed by atoms with Gasteiger partial charge in [-0.1, -0.05) is 38.8 Å². The third-order valence-corrected chi connectivity index (χ3v) is 4.38. The lowest BCUT2D eigenvalue weighted by atomic mass is 9.85. The molecule has 1 aliphatic carbocycles. The van der Waals surface area contributed by atoms with Crippen LogP contribution in [0.4, 0.5) is 5.69 Å². The van der Waals surface area contributed by atoms with Gasteiger partial charge < -0.3 is 5.73 Å². The molecule has 1 aliphatic rings. The summed E-state index contributed by atoms with van der Waals surface area (Å²) in [5.74, 6) is 0.977. The second kappa shape index (κ2) is 5.13. The van der Waals surface area contributed by atoms with E-state index in [1.165, 1.54) is 0 Å². The molecule has 2 N–H and O–H groups in total. The van der Waals surface area contributed by atoms with E-state index in [0.29, 0.717) is 11.7 Å². The first-order chi connectivity index (χ1) is 8.62. The second-order valence-corrected chi connectivity index (χ2v) is 5.51. The molecule has 0 bridgehead atoms. The lowest BCUT2D eigenvalue weighted by molar-refractivity contribution is -0.122. The Morgan fingerprint density at radius 3 is 2.22 bits per heavy atom. The molecule has 0 aromatic heterocycles. The zero-order valence-electron chi connectivity index (χ0n) is 11.4. The summed E-state index contributed by atoms with van der Waals surface area (Å²) >= 11 is 0. The Bertz CT molecular complexity index is 413. The van der Waals surface area contributed by atoms with Crippen molar-refractivity contribution in [1.29, 1.82) is 0 Å². The number of rotatable bonds is 6. The topological polar surface area (TPSA) is 43.1 Å². The molecular weight excluding hydrogens is 222 g/mol. The SMILES string of the molecule is CCC(CC)CC(=O)C1(c2ccc(N)cc2)CC1. The van der Waals surface area contributed by atoms with Crippen LogP contribution in [-0.2, 0) is 10.2 Å². The van der Waals surface area contributed by atoms with E-state index in [1.807, 2.05) is 24.3 Å². The largest absolute Gasteiger partial charge is 0.399 e. The van der Waals surface area contributed by atoms with Crippen LogP contribution in [0.25, 0.3) is 0 Å². The molecule has 0 atom stereocenters. The summed E-state index contributed by atoms with van der Waals surface area (Å²) in [6.07, 6.45) is 4.95. The molecular formula is C16H23NO. The van der Waals surface area contributed by atoms with Crippen molar-refractivity contribution in [3.05, 3.63) is 29.8 Å². The number of hydrogen-bond donors (Lipinski definition) is 1. The first kappa shape index (κ1) is 13.1. The van der Waals surface area contributed by atoms with Crippen molar-refractivity contribution in [2.75, 3.05) is 5.73 Å². The van der Waals surface area contributed by atoms with Crippen LogP contribution in [0, 0.1) is 5.92 Å². The Morgan fingerprint density at radius 1 is 1.22 bits per heavy atom. The van der Waals surface area contributed by atoms with Gasteiger partial charge in [0.2, 0.25) is 0 Å². The molecule has 0 spiro atoms. The third kappa shape index (κ3) is 2.43. The highest BCUT2D eigenvalue weighted by atomic mass is 16.1. The standard InChI is InChI=1S/C16H23NO/c1-3-12(4-2)11-15(18)16(9-10-16)13-5-7-14(17)8-6-13/h5-8,12H,3-4,9-11,17H2,1-2H3. The van der Waals surface area contributed by atoms with Crippen molar-refractivity contribution < 1.29 is 4.79 Å². The fourth-order valence-electron chi connectivity index (χ4n) is 2.69. The Kier molecular flexibility index (Phi) is 3.74. The number of ketones is 1. The molecule has 1 aromatic carbocycles. The smallest absolute Gasteiger partial charge is 0.143 e. The van der Waals surface area contributed by atoms with Crippen molar-refractivity contribution in [3.63, 3.8) is 0 Å². The zero-order chi connectivity index (χ0) is 13.2. The highest BCUT2D eigenvalue weighted by Crippen LogP contribution is 2.50. The van der Waals surface area contributed by atoms with E-state index in [0.717, 1.165) is 43.4 Å². The molecule has 1 aromatic rings. The second-order valence-electron chi connectivity index (χ2n) is 5.51. The molecule has 18 heavy (non-hydrogen) atoms. The summed E-state index contributed by atoms with van der Waals surface area (Å²) in [5.41, 5.74) is 7.46. The summed E-state index contributed by atoms with van der Waals surface area (Å²) in [5, 5.41) is 0. The predicted molar refractivity (Wildman–Crippen MR) is 75.5 cm³/mol. The van der Waals surface area contributed by atoms with Crippen LogP contribution in [0.15, 0.2) is 24.3 Å². The molecule has 0 radical (unpaired) electrons. The average molecular weight is 245 g/mol. The van der Waals surface area contributed by atoms with Gasteiger partial charge >= 0.3 is 0 Å². The summed E-state index contributed by atoms with van der Waals surface area (Å²) in [6.45, 7) is 4.34. The molecule has 0 aliphatic heterocycles. The van der Waals surface area contributed by atoms with Crippen LogP contribution in [0.1, 0.15) is 51.5 Å². The number of hydrogen-bond acceptors (Lipinski definition) is 2. The van der Waals surface area contributed by atoms with Crippen molar-refractivity contribution in [1.82, 2.24) is 0 Å². The highest BCUT2D eigenvalue weighted by Gasteiger charge is 2.50. The minimum absolute atomic E-state index is 0.170. The van der Waals surface area contributed by atoms with E-state index in [9.17, 15) is 4.79 Å². The molecule has 2 heteroatoms. The first-order valence-electron chi connectivity index (χ1n) is 7.01. The summed E-state index contributed by atoms with van der Waals surface area (Å²) in [6, 6.07) is 7.85. The van der Waals surface area contributed by atoms with Crippen LogP contribution in [-0.4, -0.2) is 5.78 Å². The minimum atomic E-state index is -0.170. The van der Waals surface area contributed by atoms with Gasteiger partial charge in [-0.3, -0.25) is 4.79 Å². The van der Waals surface area contributed by atoms with Gasteiger partial charge in [-0.2, -0.15) is 0 Å². The van der Waals surface area contributed by atoms with E-state index in [4.69, 9.17) is 5.73 Å². The summed E-state index contributed by atoms with van der Waals surface area (Å²) in [7, 11) is 0. The van der Waals surface area contributed by atoms with Crippen molar-refractivity contribution >= 4 is 11.5 Å². The van der Waals surface area contributed by atoms with Gasteiger partial charge in [-0.05, 0) is 36.5 Å². The maximum Gasteiger partial charge on any atom is 0.143 e. The normalized spacial score (nSPS) is 16.8. The van der Waals surface area contributed by atoms with Gasteiger partial charge in [0.1, 0.15) is 5.78 Å². The Hall–Kier alpha value is -1.31. The van der Waals surface area contributed by atoms with Gasteiger partial charge in [-0.25, -0.2) is 0 Å². The van der Waals surface area contributed by atoms with Gasteiger partial charge in [-0.15, -0.1) is 0 Å². The zero-order valence-corrected chi connectivity index (χ0v) is 11.4. The van der Waals surface area contributed by atoms with Crippen LogP contribution in [0.3, 0.4) is 0 Å². The number of nitrogen functional groups attached to an aromatic ring is 1. The van der Waals surface area contributed by atoms with Crippen LogP contribution >= 0.6 is 0 Å². The summed E-state index contributed by atoms with van der Waals surface area (Å²) in [4.78, 5) is 12.5. The number of carbonyl (C=O) groups excluding carboxylic acids is 1. The van der Waals surface area contributed by atoms with Crippen LogP contribution < -0.4 is 5.73 Å². The van der Waals surface area contributed by atoms with E-state index in [1.54, 1.807) is 0 Å². The van der Waals surface area contributed by atoms with E-state index < -0.39 is 0 Å². The average Bonchev–Trinajstić information content (AvgIpc) is 3.18. The van der Waals surface area contributed by atoms with E-state index in [2.05, 4.69) is 13.8 Å². The first-order valence-corrected chi connectivity index (χ1v) is 7.01. The molecule has 1 fully saturated rings. The predicted octanol–water partition coefficient (Wildman–Crippen LogP) is 3.70. The monoisotopic (exact) mass is 245 g/mol. The van der Waals surface area contributed by atoms with Gasteiger partial charge in [0.05, 0.1) is 5.41 Å². The molecule has 98 valence electrons. The Balaban J connectivity index is 2.11. The fourth-order valence-corrected chi connectivity index (χ4v) is 2.69. The van der Waals surface area contributed by atoms with Crippen molar-refractivity contribution in [3.8, 4) is 0 Å². The van der Waals surface area contributed by atoms with Crippen molar-refractivity contribution in [2.45, 2.75) is 51.4 Å². The quantitative estimate of drug-likeness (QED) is 0.777. The Labute approximate surface area is 110 Å². The lowest BCUT2D eigenvalue weighted by Gasteiger charge is -2.18. The lowest BCUT2D eigenvalue weighted by Crippen LogP contribution is -2.23. The molecule has 0 amide bonds. The number of benzene rings is 1. The molecule has 1 saturated carbocycles. The fraction of sp³-hybridized carbons (Fsp3) is 0.562. The maximum absolute atomic E-state index is 12.5. The summed E-state index contributed by atoms with van der Waals surface area (Å²) < 4.78 is 0. The number of nitrogens with two attached hydrogens (primary N) is 1. The maximum atomic E-state index is 12.5. The van der Waals surface area contributed by atoms with E-state index >= 15 is 0 Å². The molecule has 0 unspecified atom stereocenters. The van der Waals surface area contributed by atoms with Gasteiger partial charge in [0.15, 0.2) is 0 Å². The molecule has 2 rings (SSSR count). The number of carbonyl (C=O) groups is 1. The van der Waals surface area contributed by atoms with E-state index in [-0.39, 0.29) is 5.41 Å².